The van der Waals surface area contributed by atoms with Crippen molar-refractivity contribution in [3.8, 4) is 11.8 Å². The lowest BCUT2D eigenvalue weighted by atomic mass is 9.64. The molecule has 0 spiro atoms. The summed E-state index contributed by atoms with van der Waals surface area (Å²) in [5, 5.41) is 18.2. The fraction of sp³-hybridized carbons (Fsp3) is 0.273. The molecule has 4 rings (SSSR count). The minimum atomic E-state index is 0.274. The maximum Gasteiger partial charge on any atom is 0.119 e. The van der Waals surface area contributed by atoms with Crippen molar-refractivity contribution in [3.63, 3.8) is 0 Å². The van der Waals surface area contributed by atoms with Crippen molar-refractivity contribution in [1.82, 2.24) is 0 Å². The molecule has 124 valence electrons. The largest absolute Gasteiger partial charge is 0.497 e. The Morgan fingerprint density at radius 3 is 2.64 bits per heavy atom. The Labute approximate surface area is 148 Å². The molecule has 0 aliphatic heterocycles. The van der Waals surface area contributed by atoms with Crippen LogP contribution in [-0.2, 0) is 6.42 Å². The average Bonchev–Trinajstić information content (AvgIpc) is 2.67. The van der Waals surface area contributed by atoms with Crippen LogP contribution < -0.4 is 4.74 Å². The lowest BCUT2D eigenvalue weighted by Gasteiger charge is -2.38. The van der Waals surface area contributed by atoms with Crippen molar-refractivity contribution < 1.29 is 4.74 Å². The molecular formula is C22H20N2O. The normalized spacial score (nSPS) is 22.0. The number of methoxy groups -OCH3 is 1. The summed E-state index contributed by atoms with van der Waals surface area (Å²) >= 11 is 0. The first kappa shape index (κ1) is 15.7. The molecule has 3 heteroatoms. The van der Waals surface area contributed by atoms with E-state index in [2.05, 4.69) is 42.5 Å². The smallest absolute Gasteiger partial charge is 0.119 e. The maximum atomic E-state index is 9.71. The lowest BCUT2D eigenvalue weighted by molar-refractivity contribution is 0.413. The summed E-state index contributed by atoms with van der Waals surface area (Å²) in [7, 11) is 1.68. The predicted octanol–water partition coefficient (Wildman–Crippen LogP) is 4.74. The summed E-state index contributed by atoms with van der Waals surface area (Å²) in [6.45, 7) is 0. The number of rotatable bonds is 2. The Morgan fingerprint density at radius 1 is 1.12 bits per heavy atom. The van der Waals surface area contributed by atoms with E-state index in [-0.39, 0.29) is 5.92 Å². The van der Waals surface area contributed by atoms with Gasteiger partial charge in [-0.25, -0.2) is 0 Å². The number of fused-ring (bicyclic) bond motifs is 3. The van der Waals surface area contributed by atoms with Crippen molar-refractivity contribution in [2.24, 2.45) is 5.92 Å². The molecular weight excluding hydrogens is 308 g/mol. The van der Waals surface area contributed by atoms with Crippen molar-refractivity contribution in [1.29, 1.82) is 10.7 Å². The summed E-state index contributed by atoms with van der Waals surface area (Å²) in [6.07, 6.45) is 2.64. The zero-order valence-electron chi connectivity index (χ0n) is 14.3. The number of nitriles is 1. The van der Waals surface area contributed by atoms with Crippen LogP contribution in [0, 0.1) is 22.7 Å². The van der Waals surface area contributed by atoms with E-state index in [0.717, 1.165) is 29.7 Å². The predicted molar refractivity (Wildman–Crippen MR) is 98.9 cm³/mol. The van der Waals surface area contributed by atoms with Crippen LogP contribution >= 0.6 is 0 Å². The highest BCUT2D eigenvalue weighted by Crippen LogP contribution is 2.50. The Hall–Kier alpha value is -2.86. The van der Waals surface area contributed by atoms with Crippen LogP contribution in [0.5, 0.6) is 5.75 Å². The van der Waals surface area contributed by atoms with Gasteiger partial charge in [0.2, 0.25) is 0 Å². The van der Waals surface area contributed by atoms with E-state index in [1.165, 1.54) is 11.1 Å². The topological polar surface area (TPSA) is 56.9 Å². The molecule has 0 heterocycles. The Bertz CT molecular complexity index is 905. The van der Waals surface area contributed by atoms with Gasteiger partial charge in [0.25, 0.3) is 0 Å². The van der Waals surface area contributed by atoms with Gasteiger partial charge in [-0.05, 0) is 65.5 Å². The highest BCUT2D eigenvalue weighted by molar-refractivity contribution is 6.10. The first-order valence-corrected chi connectivity index (χ1v) is 8.67. The zero-order chi connectivity index (χ0) is 17.4. The van der Waals surface area contributed by atoms with Crippen molar-refractivity contribution in [2.45, 2.75) is 25.2 Å². The average molecular weight is 328 g/mol. The zero-order valence-corrected chi connectivity index (χ0v) is 14.3. The standard InChI is InChI=1S/C22H20N2O/c1-25-16-8-10-17-15(11-16)7-9-18-19(14-5-3-2-4-6-14)12-21(24)20(13-23)22(17)18/h2-6,8,10-11,18-19,24H,7,9,12H2,1H3/t18-,19+/m1/s1. The van der Waals surface area contributed by atoms with Gasteiger partial charge in [0.1, 0.15) is 11.8 Å². The first-order valence-electron chi connectivity index (χ1n) is 8.67. The molecule has 0 saturated heterocycles. The van der Waals surface area contributed by atoms with E-state index in [1.807, 2.05) is 12.1 Å². The summed E-state index contributed by atoms with van der Waals surface area (Å²) in [6, 6.07) is 18.9. The molecule has 0 saturated carbocycles. The summed E-state index contributed by atoms with van der Waals surface area (Å²) in [5.74, 6) is 1.42. The first-order chi connectivity index (χ1) is 12.2. The minimum absolute atomic E-state index is 0.274. The van der Waals surface area contributed by atoms with Crippen LogP contribution in [0.15, 0.2) is 54.1 Å². The molecule has 2 aromatic rings. The molecule has 0 aromatic heterocycles. The third-order valence-corrected chi connectivity index (χ3v) is 5.52. The number of aryl methyl sites for hydroxylation is 1. The van der Waals surface area contributed by atoms with Gasteiger partial charge in [-0.3, -0.25) is 0 Å². The van der Waals surface area contributed by atoms with Gasteiger partial charge < -0.3 is 10.1 Å². The Balaban J connectivity index is 1.88. The summed E-state index contributed by atoms with van der Waals surface area (Å²) in [5.41, 5.74) is 5.72. The number of ether oxygens (including phenoxy) is 1. The van der Waals surface area contributed by atoms with E-state index >= 15 is 0 Å². The number of hydrogen-bond donors (Lipinski definition) is 1. The third-order valence-electron chi connectivity index (χ3n) is 5.52. The second-order valence-electron chi connectivity index (χ2n) is 6.77. The van der Waals surface area contributed by atoms with E-state index in [1.54, 1.807) is 7.11 Å². The van der Waals surface area contributed by atoms with Gasteiger partial charge in [0.05, 0.1) is 18.4 Å². The molecule has 0 fully saturated rings. The van der Waals surface area contributed by atoms with Crippen molar-refractivity contribution >= 4 is 11.3 Å². The Kier molecular flexibility index (Phi) is 3.89. The quantitative estimate of drug-likeness (QED) is 0.865. The minimum Gasteiger partial charge on any atom is -0.497 e. The van der Waals surface area contributed by atoms with Gasteiger partial charge in [0, 0.05) is 0 Å². The van der Waals surface area contributed by atoms with Crippen LogP contribution in [-0.4, -0.2) is 12.8 Å². The second-order valence-corrected chi connectivity index (χ2v) is 6.77. The highest BCUT2D eigenvalue weighted by atomic mass is 16.5. The molecule has 1 N–H and O–H groups in total. The van der Waals surface area contributed by atoms with Gasteiger partial charge in [-0.1, -0.05) is 36.4 Å². The summed E-state index contributed by atoms with van der Waals surface area (Å²) < 4.78 is 5.36. The molecule has 2 atom stereocenters. The molecule has 25 heavy (non-hydrogen) atoms. The van der Waals surface area contributed by atoms with Crippen molar-refractivity contribution in [2.75, 3.05) is 7.11 Å². The maximum absolute atomic E-state index is 9.71. The second kappa shape index (κ2) is 6.22. The Morgan fingerprint density at radius 2 is 1.92 bits per heavy atom. The van der Waals surface area contributed by atoms with Crippen molar-refractivity contribution in [3.05, 3.63) is 70.8 Å². The molecule has 2 aliphatic carbocycles. The van der Waals surface area contributed by atoms with E-state index in [0.29, 0.717) is 23.6 Å². The van der Waals surface area contributed by atoms with Crippen LogP contribution in [0.2, 0.25) is 0 Å². The van der Waals surface area contributed by atoms with E-state index in [9.17, 15) is 5.26 Å². The fourth-order valence-corrected chi connectivity index (χ4v) is 4.35. The molecule has 0 bridgehead atoms. The molecule has 0 amide bonds. The van der Waals surface area contributed by atoms with Crippen LogP contribution in [0.25, 0.3) is 5.57 Å². The van der Waals surface area contributed by atoms with Gasteiger partial charge in [-0.15, -0.1) is 0 Å². The number of nitrogens with one attached hydrogen (secondary N) is 1. The number of hydrogen-bond acceptors (Lipinski definition) is 3. The molecule has 2 aromatic carbocycles. The van der Waals surface area contributed by atoms with E-state index in [4.69, 9.17) is 10.1 Å². The van der Waals surface area contributed by atoms with Gasteiger partial charge >= 0.3 is 0 Å². The van der Waals surface area contributed by atoms with E-state index < -0.39 is 0 Å². The number of nitrogens with zero attached hydrogens (tertiary/aromatic N) is 1. The van der Waals surface area contributed by atoms with Gasteiger partial charge in [-0.2, -0.15) is 5.26 Å². The molecule has 0 radical (unpaired) electrons. The van der Waals surface area contributed by atoms with Crippen LogP contribution in [0.1, 0.15) is 35.4 Å². The monoisotopic (exact) mass is 328 g/mol. The SMILES string of the molecule is COc1ccc2c(c1)CC[C@H]1C2=C(C#N)C(=N)C[C@H]1c1ccccc1. The molecule has 0 unspecified atom stereocenters. The fourth-order valence-electron chi connectivity index (χ4n) is 4.35. The number of allylic oxidation sites excluding steroid dienone is 2. The van der Waals surface area contributed by atoms with Gasteiger partial charge in [0.15, 0.2) is 0 Å². The summed E-state index contributed by atoms with van der Waals surface area (Å²) in [4.78, 5) is 0. The van der Waals surface area contributed by atoms with Crippen LogP contribution in [0.3, 0.4) is 0 Å². The van der Waals surface area contributed by atoms with Crippen LogP contribution in [0.4, 0.5) is 0 Å². The number of benzene rings is 2. The molecule has 2 aliphatic rings. The highest BCUT2D eigenvalue weighted by Gasteiger charge is 2.38. The lowest BCUT2D eigenvalue weighted by Crippen LogP contribution is -2.29. The molecule has 3 nitrogen and oxygen atoms in total. The third kappa shape index (κ3) is 2.55.